The molecule has 5 rings (SSSR count). The lowest BCUT2D eigenvalue weighted by atomic mass is 10.0. The molecule has 1 saturated carbocycles. The van der Waals surface area contributed by atoms with Crippen molar-refractivity contribution in [3.63, 3.8) is 0 Å². The van der Waals surface area contributed by atoms with Crippen molar-refractivity contribution in [3.05, 3.63) is 118 Å². The molecular weight excluding hydrogens is 713 g/mol. The second kappa shape index (κ2) is 16.3. The SMILES string of the molecule is COc1ccc(S(=O)(=O)N(CC(=O)N(Cc2cccc(Br)c2)[C@@H](Cc2ccccc2)C(=O)NC2CCCC2)c2ccc(F)cc2)cc1OC. The van der Waals surface area contributed by atoms with Gasteiger partial charge in [0.25, 0.3) is 10.0 Å². The van der Waals surface area contributed by atoms with Crippen LogP contribution in [0.25, 0.3) is 0 Å². The lowest BCUT2D eigenvalue weighted by molar-refractivity contribution is -0.140. The molecule has 0 aliphatic heterocycles. The number of sulfonamides is 1. The van der Waals surface area contributed by atoms with Crippen LogP contribution in [0.4, 0.5) is 10.1 Å². The van der Waals surface area contributed by atoms with E-state index in [2.05, 4.69) is 21.2 Å². The Balaban J connectivity index is 1.58. The molecule has 49 heavy (non-hydrogen) atoms. The van der Waals surface area contributed by atoms with Crippen LogP contribution in [0.3, 0.4) is 0 Å². The lowest BCUT2D eigenvalue weighted by Crippen LogP contribution is -2.54. The van der Waals surface area contributed by atoms with Crippen molar-refractivity contribution in [1.82, 2.24) is 10.2 Å². The maximum atomic E-state index is 14.7. The van der Waals surface area contributed by atoms with Crippen molar-refractivity contribution >= 4 is 43.5 Å². The summed E-state index contributed by atoms with van der Waals surface area (Å²) in [5, 5.41) is 3.16. The number of hydrogen-bond acceptors (Lipinski definition) is 6. The van der Waals surface area contributed by atoms with Crippen LogP contribution in [0.1, 0.15) is 36.8 Å². The first kappa shape index (κ1) is 35.9. The molecule has 9 nitrogen and oxygen atoms in total. The first-order valence-corrected chi connectivity index (χ1v) is 18.2. The van der Waals surface area contributed by atoms with Crippen LogP contribution >= 0.6 is 15.9 Å². The summed E-state index contributed by atoms with van der Waals surface area (Å²) in [6.07, 6.45) is 3.93. The molecule has 4 aromatic carbocycles. The van der Waals surface area contributed by atoms with Crippen LogP contribution in [-0.2, 0) is 32.6 Å². The average Bonchev–Trinajstić information content (AvgIpc) is 3.62. The molecule has 1 fully saturated rings. The lowest BCUT2D eigenvalue weighted by Gasteiger charge is -2.34. The number of amides is 2. The smallest absolute Gasteiger partial charge is 0.264 e. The van der Waals surface area contributed by atoms with E-state index in [0.29, 0.717) is 5.75 Å². The molecule has 1 N–H and O–H groups in total. The van der Waals surface area contributed by atoms with E-state index in [1.54, 1.807) is 0 Å². The number of nitrogens with zero attached hydrogens (tertiary/aromatic N) is 2. The summed E-state index contributed by atoms with van der Waals surface area (Å²) in [6.45, 7) is -0.639. The Bertz CT molecular complexity index is 1850. The Morgan fingerprint density at radius 1 is 0.878 bits per heavy atom. The first-order valence-electron chi connectivity index (χ1n) is 16.0. The monoisotopic (exact) mass is 751 g/mol. The van der Waals surface area contributed by atoms with E-state index in [1.807, 2.05) is 54.6 Å². The third kappa shape index (κ3) is 8.98. The zero-order valence-corrected chi connectivity index (χ0v) is 29.8. The van der Waals surface area contributed by atoms with E-state index in [-0.39, 0.29) is 41.2 Å². The van der Waals surface area contributed by atoms with Gasteiger partial charge in [-0.3, -0.25) is 13.9 Å². The van der Waals surface area contributed by atoms with Crippen molar-refractivity contribution in [3.8, 4) is 11.5 Å². The fourth-order valence-corrected chi connectivity index (χ4v) is 7.87. The van der Waals surface area contributed by atoms with Gasteiger partial charge in [-0.25, -0.2) is 12.8 Å². The number of hydrogen-bond donors (Lipinski definition) is 1. The predicted octanol–water partition coefficient (Wildman–Crippen LogP) is 6.50. The minimum atomic E-state index is -4.44. The topological polar surface area (TPSA) is 105 Å². The Morgan fingerprint density at radius 2 is 1.55 bits per heavy atom. The highest BCUT2D eigenvalue weighted by Gasteiger charge is 2.36. The van der Waals surface area contributed by atoms with Crippen LogP contribution < -0.4 is 19.1 Å². The number of rotatable bonds is 14. The summed E-state index contributed by atoms with van der Waals surface area (Å²) in [5.41, 5.74) is 1.65. The molecule has 1 atom stereocenters. The standard InChI is InChI=1S/C37H39BrFN3O6S/c1-47-34-20-19-32(23-35(34)48-2)49(45,46)42(31-17-15-29(39)16-18-31)25-36(43)41(24-27-11-8-12-28(38)21-27)33(22-26-9-4-3-5-10-26)37(44)40-30-13-6-7-14-30/h3-5,8-12,15-21,23,30,33H,6-7,13-14,22,24-25H2,1-2H3,(H,40,44)/t33-/m0/s1. The minimum absolute atomic E-state index is 0.00487. The summed E-state index contributed by atoms with van der Waals surface area (Å²) < 4.78 is 55.1. The summed E-state index contributed by atoms with van der Waals surface area (Å²) in [6, 6.07) is 24.8. The van der Waals surface area contributed by atoms with Gasteiger partial charge in [-0.2, -0.15) is 0 Å². The molecule has 2 amide bonds. The molecule has 0 bridgehead atoms. The Hall–Kier alpha value is -4.42. The van der Waals surface area contributed by atoms with E-state index in [9.17, 15) is 22.4 Å². The normalized spacial score (nSPS) is 13.8. The van der Waals surface area contributed by atoms with Gasteiger partial charge in [0.05, 0.1) is 24.8 Å². The minimum Gasteiger partial charge on any atom is -0.493 e. The molecule has 258 valence electrons. The summed E-state index contributed by atoms with van der Waals surface area (Å²) in [5.74, 6) is -0.993. The van der Waals surface area contributed by atoms with Gasteiger partial charge >= 0.3 is 0 Å². The number of carbonyl (C=O) groups excluding carboxylic acids is 2. The van der Waals surface area contributed by atoms with Gasteiger partial charge in [0.15, 0.2) is 11.5 Å². The molecule has 0 spiro atoms. The number of carbonyl (C=O) groups is 2. The fraction of sp³-hybridized carbons (Fsp3) is 0.297. The Labute approximate surface area is 295 Å². The van der Waals surface area contributed by atoms with Gasteiger partial charge < -0.3 is 19.7 Å². The second-order valence-electron chi connectivity index (χ2n) is 11.9. The number of benzene rings is 4. The molecule has 12 heteroatoms. The number of nitrogens with one attached hydrogen (secondary N) is 1. The molecular formula is C37H39BrFN3O6S. The summed E-state index contributed by atoms with van der Waals surface area (Å²) >= 11 is 3.50. The second-order valence-corrected chi connectivity index (χ2v) is 14.6. The molecule has 0 heterocycles. The predicted molar refractivity (Wildman–Crippen MR) is 190 cm³/mol. The molecule has 0 saturated heterocycles. The van der Waals surface area contributed by atoms with Gasteiger partial charge in [0.2, 0.25) is 11.8 Å². The molecule has 4 aromatic rings. The van der Waals surface area contributed by atoms with E-state index in [1.165, 1.54) is 49.5 Å². The van der Waals surface area contributed by atoms with Gasteiger partial charge in [-0.05, 0) is 72.5 Å². The van der Waals surface area contributed by atoms with Crippen LogP contribution in [0.5, 0.6) is 11.5 Å². The highest BCUT2D eigenvalue weighted by atomic mass is 79.9. The van der Waals surface area contributed by atoms with Crippen molar-refractivity contribution in [2.45, 2.75) is 55.6 Å². The average molecular weight is 753 g/mol. The van der Waals surface area contributed by atoms with E-state index in [0.717, 1.165) is 57.7 Å². The van der Waals surface area contributed by atoms with E-state index in [4.69, 9.17) is 9.47 Å². The number of halogens is 2. The van der Waals surface area contributed by atoms with E-state index >= 15 is 0 Å². The zero-order chi connectivity index (χ0) is 35.0. The van der Waals surface area contributed by atoms with Gasteiger partial charge in [0, 0.05) is 29.5 Å². The van der Waals surface area contributed by atoms with Crippen LogP contribution in [0, 0.1) is 5.82 Å². The maximum Gasteiger partial charge on any atom is 0.264 e. The maximum absolute atomic E-state index is 14.7. The molecule has 1 aliphatic rings. The number of anilines is 1. The van der Waals surface area contributed by atoms with Gasteiger partial charge in [0.1, 0.15) is 18.4 Å². The third-order valence-electron chi connectivity index (χ3n) is 8.55. The quantitative estimate of drug-likeness (QED) is 0.158. The van der Waals surface area contributed by atoms with E-state index < -0.39 is 34.3 Å². The van der Waals surface area contributed by atoms with Crippen molar-refractivity contribution in [2.24, 2.45) is 0 Å². The Morgan fingerprint density at radius 3 is 2.20 bits per heavy atom. The summed E-state index contributed by atoms with van der Waals surface area (Å²) in [4.78, 5) is 30.1. The molecule has 0 unspecified atom stereocenters. The van der Waals surface area contributed by atoms with Gasteiger partial charge in [-0.1, -0.05) is 71.2 Å². The molecule has 1 aliphatic carbocycles. The largest absolute Gasteiger partial charge is 0.493 e. The zero-order valence-electron chi connectivity index (χ0n) is 27.4. The first-order chi connectivity index (χ1) is 23.6. The van der Waals surface area contributed by atoms with Crippen LogP contribution in [-0.4, -0.2) is 58.0 Å². The highest BCUT2D eigenvalue weighted by molar-refractivity contribution is 9.10. The molecule has 0 radical (unpaired) electrons. The number of methoxy groups -OCH3 is 2. The fourth-order valence-electron chi connectivity index (χ4n) is 5.99. The Kier molecular flexibility index (Phi) is 11.9. The van der Waals surface area contributed by atoms with Crippen molar-refractivity contribution in [2.75, 3.05) is 25.1 Å². The summed E-state index contributed by atoms with van der Waals surface area (Å²) in [7, 11) is -1.61. The van der Waals surface area contributed by atoms with Crippen LogP contribution in [0.2, 0.25) is 0 Å². The highest BCUT2D eigenvalue weighted by Crippen LogP contribution is 2.33. The third-order valence-corrected chi connectivity index (χ3v) is 10.8. The van der Waals surface area contributed by atoms with Gasteiger partial charge in [-0.15, -0.1) is 0 Å². The number of ether oxygens (including phenoxy) is 2. The van der Waals surface area contributed by atoms with Crippen molar-refractivity contribution < 1.29 is 31.9 Å². The molecule has 0 aromatic heterocycles. The van der Waals surface area contributed by atoms with Crippen LogP contribution in [0.15, 0.2) is 106 Å². The van der Waals surface area contributed by atoms with Crippen molar-refractivity contribution in [1.29, 1.82) is 0 Å².